The Morgan fingerprint density at radius 1 is 1.09 bits per heavy atom. The lowest BCUT2D eigenvalue weighted by molar-refractivity contribution is -0.124. The minimum Gasteiger partial charge on any atom is -0.464 e. The number of carbonyl (C=O) groups excluding carboxylic acids is 1. The van der Waals surface area contributed by atoms with Crippen LogP contribution in [0.25, 0.3) is 0 Å². The van der Waals surface area contributed by atoms with Gasteiger partial charge in [-0.1, -0.05) is 24.3 Å². The molecule has 2 aromatic carbocycles. The molecular weight excluding hydrogens is 462 g/mol. The predicted octanol–water partition coefficient (Wildman–Crippen LogP) is 4.18. The molecule has 1 N–H and O–H groups in total. The van der Waals surface area contributed by atoms with Gasteiger partial charge in [0.2, 0.25) is 15.9 Å². The smallest absolute Gasteiger partial charge is 0.239 e. The number of hydrogen-bond acceptors (Lipinski definition) is 5. The number of furan rings is 1. The van der Waals surface area contributed by atoms with E-state index >= 15 is 0 Å². The number of carbonyl (C=O) groups is 1. The van der Waals surface area contributed by atoms with Gasteiger partial charge in [-0.2, -0.15) is 0 Å². The molecule has 1 saturated carbocycles. The number of benzene rings is 2. The van der Waals surface area contributed by atoms with Crippen LogP contribution in [-0.2, 0) is 26.0 Å². The van der Waals surface area contributed by atoms with Crippen LogP contribution in [-0.4, -0.2) is 35.5 Å². The van der Waals surface area contributed by atoms with Crippen LogP contribution in [0.4, 0.5) is 11.4 Å². The fraction of sp³-hybridized carbons (Fsp3) is 0.370. The number of hydrogen-bond donors (Lipinski definition) is 1. The van der Waals surface area contributed by atoms with E-state index in [1.165, 1.54) is 4.31 Å². The molecule has 5 rings (SSSR count). The van der Waals surface area contributed by atoms with Crippen LogP contribution in [0.15, 0.2) is 52.9 Å². The first-order valence-corrected chi connectivity index (χ1v) is 13.4. The highest BCUT2D eigenvalue weighted by atomic mass is 32.2. The quantitative estimate of drug-likeness (QED) is 0.557. The van der Waals surface area contributed by atoms with Gasteiger partial charge in [0.25, 0.3) is 0 Å². The lowest BCUT2D eigenvalue weighted by Crippen LogP contribution is -2.38. The fourth-order valence-electron chi connectivity index (χ4n) is 4.99. The van der Waals surface area contributed by atoms with Gasteiger partial charge < -0.3 is 14.6 Å². The summed E-state index contributed by atoms with van der Waals surface area (Å²) in [6.07, 6.45) is 1.44. The molecule has 184 valence electrons. The minimum absolute atomic E-state index is 0.0335. The van der Waals surface area contributed by atoms with Crippen molar-refractivity contribution in [3.05, 3.63) is 82.3 Å². The summed E-state index contributed by atoms with van der Waals surface area (Å²) >= 11 is 0. The van der Waals surface area contributed by atoms with Crippen molar-refractivity contribution in [2.75, 3.05) is 30.3 Å². The van der Waals surface area contributed by atoms with Crippen LogP contribution in [0.1, 0.15) is 52.7 Å². The van der Waals surface area contributed by atoms with E-state index in [1.807, 2.05) is 75.3 Å². The Hall–Kier alpha value is -3.26. The molecule has 1 fully saturated rings. The van der Waals surface area contributed by atoms with Gasteiger partial charge in [-0.15, -0.1) is 0 Å². The van der Waals surface area contributed by atoms with Gasteiger partial charge in [-0.25, -0.2) is 8.42 Å². The molecular formula is C27H31N3O4S. The molecule has 7 nitrogen and oxygen atoms in total. The Bertz CT molecular complexity index is 1420. The zero-order chi connectivity index (χ0) is 25.1. The Morgan fingerprint density at radius 3 is 2.46 bits per heavy atom. The summed E-state index contributed by atoms with van der Waals surface area (Å²) in [5, 5.41) is 3.28. The summed E-state index contributed by atoms with van der Waals surface area (Å²) in [6, 6.07) is 15.2. The molecule has 1 aliphatic carbocycles. The predicted molar refractivity (Wildman–Crippen MR) is 137 cm³/mol. The van der Waals surface area contributed by atoms with Gasteiger partial charge >= 0.3 is 0 Å². The van der Waals surface area contributed by atoms with Gasteiger partial charge in [-0.3, -0.25) is 9.10 Å². The molecule has 0 spiro atoms. The molecule has 1 amide bonds. The van der Waals surface area contributed by atoms with E-state index in [-0.39, 0.29) is 11.7 Å². The first-order valence-electron chi connectivity index (χ1n) is 11.8. The summed E-state index contributed by atoms with van der Waals surface area (Å²) in [6.45, 7) is 3.94. The van der Waals surface area contributed by atoms with E-state index in [2.05, 4.69) is 11.4 Å². The number of amides is 1. The van der Waals surface area contributed by atoms with Crippen molar-refractivity contribution in [1.29, 1.82) is 0 Å². The summed E-state index contributed by atoms with van der Waals surface area (Å²) in [5.74, 6) is 1.35. The van der Waals surface area contributed by atoms with Crippen molar-refractivity contribution in [3.63, 3.8) is 0 Å². The SMILES string of the molecule is Cc1ccc(C(NC(=O)C2(c3ccc4c(c3)CS(=O)(=O)N4C)CC2)c2ccc(C)o2)c(N(C)C)c1. The Morgan fingerprint density at radius 2 is 1.83 bits per heavy atom. The Balaban J connectivity index is 1.51. The number of rotatable bonds is 6. The molecule has 0 radical (unpaired) electrons. The topological polar surface area (TPSA) is 82.9 Å². The summed E-state index contributed by atoms with van der Waals surface area (Å²) in [7, 11) is 2.21. The van der Waals surface area contributed by atoms with E-state index in [9.17, 15) is 13.2 Å². The highest BCUT2D eigenvalue weighted by molar-refractivity contribution is 7.92. The monoisotopic (exact) mass is 493 g/mol. The number of sulfonamides is 1. The molecule has 1 aromatic heterocycles. The zero-order valence-electron chi connectivity index (χ0n) is 20.8. The first-order chi connectivity index (χ1) is 16.5. The molecule has 0 bridgehead atoms. The lowest BCUT2D eigenvalue weighted by Gasteiger charge is -2.26. The molecule has 1 unspecified atom stereocenters. The van der Waals surface area contributed by atoms with E-state index in [4.69, 9.17) is 4.42 Å². The van der Waals surface area contributed by atoms with Gasteiger partial charge in [0.05, 0.1) is 16.9 Å². The molecule has 1 aliphatic heterocycles. The average Bonchev–Trinajstić information content (AvgIpc) is 3.45. The van der Waals surface area contributed by atoms with Crippen molar-refractivity contribution >= 4 is 27.3 Å². The Kier molecular flexibility index (Phi) is 5.47. The van der Waals surface area contributed by atoms with Crippen molar-refractivity contribution in [2.24, 2.45) is 0 Å². The standard InChI is InChI=1S/C27H31N3O4S/c1-17-6-9-21(23(14-17)29(3)4)25(24-11-7-18(2)34-24)28-26(31)27(12-13-27)20-8-10-22-19(15-20)16-35(32,33)30(22)5/h6-11,14-15,25H,12-13,16H2,1-5H3,(H,28,31). The number of nitrogens with one attached hydrogen (secondary N) is 1. The van der Waals surface area contributed by atoms with E-state index in [0.29, 0.717) is 11.4 Å². The maximum atomic E-state index is 13.8. The van der Waals surface area contributed by atoms with Crippen LogP contribution in [0, 0.1) is 13.8 Å². The number of aryl methyl sites for hydroxylation is 2. The van der Waals surface area contributed by atoms with E-state index in [0.717, 1.165) is 46.5 Å². The molecule has 0 saturated heterocycles. The number of nitrogens with zero attached hydrogens (tertiary/aromatic N) is 2. The average molecular weight is 494 g/mol. The van der Waals surface area contributed by atoms with Crippen LogP contribution in [0.3, 0.4) is 0 Å². The summed E-state index contributed by atoms with van der Waals surface area (Å²) in [4.78, 5) is 15.9. The van der Waals surface area contributed by atoms with Crippen LogP contribution in [0.2, 0.25) is 0 Å². The van der Waals surface area contributed by atoms with E-state index in [1.54, 1.807) is 7.05 Å². The number of fused-ring (bicyclic) bond motifs is 1. The van der Waals surface area contributed by atoms with Crippen molar-refractivity contribution in [3.8, 4) is 0 Å². The van der Waals surface area contributed by atoms with Crippen LogP contribution >= 0.6 is 0 Å². The van der Waals surface area contributed by atoms with Gasteiger partial charge in [0.1, 0.15) is 17.6 Å². The van der Waals surface area contributed by atoms with Gasteiger partial charge in [0, 0.05) is 32.4 Å². The largest absolute Gasteiger partial charge is 0.464 e. The van der Waals surface area contributed by atoms with Crippen molar-refractivity contribution < 1.29 is 17.6 Å². The van der Waals surface area contributed by atoms with Crippen molar-refractivity contribution in [1.82, 2.24) is 5.32 Å². The summed E-state index contributed by atoms with van der Waals surface area (Å²) < 4.78 is 32.0. The van der Waals surface area contributed by atoms with Gasteiger partial charge in [-0.05, 0) is 67.6 Å². The molecule has 8 heteroatoms. The second kappa shape index (κ2) is 8.16. The third-order valence-corrected chi connectivity index (χ3v) is 8.92. The Labute approximate surface area is 206 Å². The maximum absolute atomic E-state index is 13.8. The highest BCUT2D eigenvalue weighted by Crippen LogP contribution is 2.50. The molecule has 2 heterocycles. The first kappa shape index (κ1) is 23.5. The highest BCUT2D eigenvalue weighted by Gasteiger charge is 2.52. The maximum Gasteiger partial charge on any atom is 0.239 e. The fourth-order valence-corrected chi connectivity index (χ4v) is 6.28. The van der Waals surface area contributed by atoms with Crippen LogP contribution < -0.4 is 14.5 Å². The molecule has 2 aliphatic rings. The van der Waals surface area contributed by atoms with E-state index < -0.39 is 21.5 Å². The third-order valence-electron chi connectivity index (χ3n) is 7.21. The minimum atomic E-state index is -3.34. The second-order valence-electron chi connectivity index (χ2n) is 9.96. The molecule has 1 atom stereocenters. The number of anilines is 2. The third kappa shape index (κ3) is 3.99. The molecule has 3 aromatic rings. The molecule has 35 heavy (non-hydrogen) atoms. The van der Waals surface area contributed by atoms with Gasteiger partial charge in [0.15, 0.2) is 0 Å². The summed E-state index contributed by atoms with van der Waals surface area (Å²) in [5.41, 5.74) is 4.74. The van der Waals surface area contributed by atoms with Crippen LogP contribution in [0.5, 0.6) is 0 Å². The second-order valence-corrected chi connectivity index (χ2v) is 12.0. The lowest BCUT2D eigenvalue weighted by atomic mass is 9.91. The van der Waals surface area contributed by atoms with Crippen molar-refractivity contribution in [2.45, 2.75) is 43.9 Å². The zero-order valence-corrected chi connectivity index (χ0v) is 21.6. The normalized spacial score (nSPS) is 18.1.